The number of methoxy groups -OCH3 is 1. The fourth-order valence-corrected chi connectivity index (χ4v) is 3.57. The molecule has 2 rings (SSSR count). The van der Waals surface area contributed by atoms with E-state index in [1.165, 1.54) is 44.9 Å². The van der Waals surface area contributed by atoms with Gasteiger partial charge < -0.3 is 4.74 Å². The van der Waals surface area contributed by atoms with Gasteiger partial charge in [0.2, 0.25) is 0 Å². The van der Waals surface area contributed by atoms with Gasteiger partial charge in [0.25, 0.3) is 0 Å². The average molecular weight is 194 g/mol. The highest BCUT2D eigenvalue weighted by Crippen LogP contribution is 2.51. The molecule has 0 aromatic rings. The molecule has 2 aliphatic rings. The maximum atomic E-state index is 5.72. The van der Waals surface area contributed by atoms with Crippen molar-refractivity contribution in [2.75, 3.05) is 7.11 Å². The molecular formula is C13H22O. The molecule has 0 heterocycles. The molecule has 80 valence electrons. The molecule has 0 amide bonds. The van der Waals surface area contributed by atoms with E-state index in [2.05, 4.69) is 13.0 Å². The van der Waals surface area contributed by atoms with Gasteiger partial charge in [0.05, 0.1) is 6.10 Å². The summed E-state index contributed by atoms with van der Waals surface area (Å²) in [5.74, 6) is 0. The highest BCUT2D eigenvalue weighted by Gasteiger charge is 2.44. The Bertz CT molecular complexity index is 231. The first-order valence-corrected chi connectivity index (χ1v) is 6.06. The summed E-state index contributed by atoms with van der Waals surface area (Å²) in [6.45, 7) is 2.29. The summed E-state index contributed by atoms with van der Waals surface area (Å²) in [6, 6.07) is 0. The van der Waals surface area contributed by atoms with E-state index < -0.39 is 0 Å². The molecule has 0 aliphatic heterocycles. The maximum absolute atomic E-state index is 5.72. The van der Waals surface area contributed by atoms with Crippen molar-refractivity contribution in [3.63, 3.8) is 0 Å². The number of hydrogen-bond acceptors (Lipinski definition) is 1. The predicted molar refractivity (Wildman–Crippen MR) is 59.3 cm³/mol. The molecule has 0 N–H and O–H groups in total. The second-order valence-electron chi connectivity index (χ2n) is 4.75. The van der Waals surface area contributed by atoms with Crippen LogP contribution in [0.15, 0.2) is 11.6 Å². The molecule has 2 atom stereocenters. The van der Waals surface area contributed by atoms with Crippen molar-refractivity contribution < 1.29 is 4.74 Å². The second kappa shape index (κ2) is 4.06. The summed E-state index contributed by atoms with van der Waals surface area (Å²) in [5.41, 5.74) is 2.13. The first-order valence-electron chi connectivity index (χ1n) is 6.06. The monoisotopic (exact) mass is 194 g/mol. The summed E-state index contributed by atoms with van der Waals surface area (Å²) in [4.78, 5) is 0. The minimum atomic E-state index is 0.446. The zero-order valence-electron chi connectivity index (χ0n) is 9.51. The first-order chi connectivity index (χ1) is 6.83. The number of ether oxygens (including phenoxy) is 1. The molecule has 0 aromatic heterocycles. The zero-order chi connectivity index (χ0) is 10.0. The Hall–Kier alpha value is -0.300. The van der Waals surface area contributed by atoms with Crippen molar-refractivity contribution in [2.45, 2.75) is 58.0 Å². The molecule has 0 saturated heterocycles. The molecule has 0 radical (unpaired) electrons. The zero-order valence-corrected chi connectivity index (χ0v) is 9.51. The molecule has 0 bridgehead atoms. The van der Waals surface area contributed by atoms with E-state index in [0.29, 0.717) is 11.5 Å². The highest BCUT2D eigenvalue weighted by atomic mass is 16.5. The molecule has 1 fully saturated rings. The summed E-state index contributed by atoms with van der Waals surface area (Å²) >= 11 is 0. The number of rotatable bonds is 2. The molecule has 0 aromatic carbocycles. The smallest absolute Gasteiger partial charge is 0.0664 e. The molecular weight excluding hydrogens is 172 g/mol. The lowest BCUT2D eigenvalue weighted by molar-refractivity contribution is -0.0232. The summed E-state index contributed by atoms with van der Waals surface area (Å²) in [5, 5.41) is 0. The van der Waals surface area contributed by atoms with E-state index in [1.807, 2.05) is 7.11 Å². The van der Waals surface area contributed by atoms with Gasteiger partial charge in [-0.15, -0.1) is 0 Å². The van der Waals surface area contributed by atoms with Gasteiger partial charge in [-0.25, -0.2) is 0 Å². The van der Waals surface area contributed by atoms with Gasteiger partial charge in [0.1, 0.15) is 0 Å². The predicted octanol–water partition coefficient (Wildman–Crippen LogP) is 3.69. The van der Waals surface area contributed by atoms with Gasteiger partial charge >= 0.3 is 0 Å². The maximum Gasteiger partial charge on any atom is 0.0664 e. The normalized spacial score (nSPS) is 37.6. The van der Waals surface area contributed by atoms with Crippen LogP contribution in [0.1, 0.15) is 51.9 Å². The molecule has 1 heteroatoms. The molecule has 1 nitrogen and oxygen atoms in total. The number of allylic oxidation sites excluding steroid dienone is 1. The van der Waals surface area contributed by atoms with Crippen molar-refractivity contribution in [1.82, 2.24) is 0 Å². The van der Waals surface area contributed by atoms with Crippen LogP contribution >= 0.6 is 0 Å². The van der Waals surface area contributed by atoms with Crippen LogP contribution in [-0.2, 0) is 4.74 Å². The van der Waals surface area contributed by atoms with Gasteiger partial charge in [-0.05, 0) is 32.1 Å². The van der Waals surface area contributed by atoms with Crippen molar-refractivity contribution in [1.29, 1.82) is 0 Å². The number of hydrogen-bond donors (Lipinski definition) is 0. The topological polar surface area (TPSA) is 9.23 Å². The van der Waals surface area contributed by atoms with E-state index in [9.17, 15) is 0 Å². The van der Waals surface area contributed by atoms with E-state index in [0.717, 1.165) is 0 Å². The molecule has 1 spiro atoms. The van der Waals surface area contributed by atoms with Crippen LogP contribution in [0.3, 0.4) is 0 Å². The third-order valence-electron chi connectivity index (χ3n) is 4.24. The van der Waals surface area contributed by atoms with E-state index in [1.54, 1.807) is 5.57 Å². The fraction of sp³-hybridized carbons (Fsp3) is 0.846. The highest BCUT2D eigenvalue weighted by molar-refractivity contribution is 5.23. The molecule has 1 saturated carbocycles. The fourth-order valence-electron chi connectivity index (χ4n) is 3.57. The Morgan fingerprint density at radius 2 is 2.29 bits per heavy atom. The minimum Gasteiger partial charge on any atom is -0.381 e. The van der Waals surface area contributed by atoms with Crippen LogP contribution in [0.4, 0.5) is 0 Å². The first kappa shape index (κ1) is 10.2. The van der Waals surface area contributed by atoms with Gasteiger partial charge in [0, 0.05) is 12.5 Å². The van der Waals surface area contributed by atoms with Gasteiger partial charge in [0.15, 0.2) is 0 Å². The van der Waals surface area contributed by atoms with Crippen LogP contribution in [0.2, 0.25) is 0 Å². The van der Waals surface area contributed by atoms with Gasteiger partial charge in [-0.3, -0.25) is 0 Å². The standard InChI is InChI=1S/C13H22O/c1-3-11-7-6-10-13(11)9-5-4-8-12(13)14-2/h7,12H,3-6,8-10H2,1-2H3/t12-,13-/m1/s1. The van der Waals surface area contributed by atoms with Crippen molar-refractivity contribution in [2.24, 2.45) is 5.41 Å². The van der Waals surface area contributed by atoms with Gasteiger partial charge in [-0.2, -0.15) is 0 Å². The van der Waals surface area contributed by atoms with E-state index >= 15 is 0 Å². The summed E-state index contributed by atoms with van der Waals surface area (Å²) < 4.78 is 5.72. The largest absolute Gasteiger partial charge is 0.381 e. The summed E-state index contributed by atoms with van der Waals surface area (Å²) in [6.07, 6.45) is 12.2. The van der Waals surface area contributed by atoms with Crippen LogP contribution in [0.25, 0.3) is 0 Å². The quantitative estimate of drug-likeness (QED) is 0.609. The van der Waals surface area contributed by atoms with Crippen LogP contribution in [-0.4, -0.2) is 13.2 Å². The summed E-state index contributed by atoms with van der Waals surface area (Å²) in [7, 11) is 1.89. The Morgan fingerprint density at radius 3 is 3.00 bits per heavy atom. The van der Waals surface area contributed by atoms with Gasteiger partial charge in [-0.1, -0.05) is 31.4 Å². The van der Waals surface area contributed by atoms with Crippen molar-refractivity contribution in [3.8, 4) is 0 Å². The van der Waals surface area contributed by atoms with Crippen molar-refractivity contribution in [3.05, 3.63) is 11.6 Å². The van der Waals surface area contributed by atoms with E-state index in [4.69, 9.17) is 4.74 Å². The molecule has 14 heavy (non-hydrogen) atoms. The van der Waals surface area contributed by atoms with Crippen LogP contribution in [0.5, 0.6) is 0 Å². The Morgan fingerprint density at radius 1 is 1.43 bits per heavy atom. The Kier molecular flexibility index (Phi) is 2.96. The second-order valence-corrected chi connectivity index (χ2v) is 4.75. The Labute approximate surface area is 87.5 Å². The third kappa shape index (κ3) is 1.42. The van der Waals surface area contributed by atoms with Crippen LogP contribution < -0.4 is 0 Å². The lowest BCUT2D eigenvalue weighted by atomic mass is 9.67. The lowest BCUT2D eigenvalue weighted by Gasteiger charge is -2.42. The lowest BCUT2D eigenvalue weighted by Crippen LogP contribution is -2.39. The molecule has 0 unspecified atom stereocenters. The van der Waals surface area contributed by atoms with Crippen molar-refractivity contribution >= 4 is 0 Å². The van der Waals surface area contributed by atoms with E-state index in [-0.39, 0.29) is 0 Å². The average Bonchev–Trinajstić information content (AvgIpc) is 2.62. The minimum absolute atomic E-state index is 0.446. The third-order valence-corrected chi connectivity index (χ3v) is 4.24. The molecule has 2 aliphatic carbocycles. The van der Waals surface area contributed by atoms with Crippen LogP contribution in [0, 0.1) is 5.41 Å². The Balaban J connectivity index is 2.22. The SMILES string of the molecule is CCC1=CCC[C@]12CCCC[C@H]2OC.